The number of amides is 1. The lowest BCUT2D eigenvalue weighted by molar-refractivity contribution is 0.0916. The monoisotopic (exact) mass is 266 g/mol. The van der Waals surface area contributed by atoms with Crippen LogP contribution in [-0.2, 0) is 4.74 Å². The first-order valence-electron chi connectivity index (χ1n) is 6.24. The number of aromatic amines is 1. The van der Waals surface area contributed by atoms with Crippen LogP contribution in [-0.4, -0.2) is 60.7 Å². The predicted octanol–water partition coefficient (Wildman–Crippen LogP) is -0.922. The summed E-state index contributed by atoms with van der Waals surface area (Å²) in [5.41, 5.74) is -0.208. The number of hydrogen-bond acceptors (Lipinski definition) is 5. The van der Waals surface area contributed by atoms with Gasteiger partial charge in [-0.3, -0.25) is 14.6 Å². The van der Waals surface area contributed by atoms with Crippen molar-refractivity contribution >= 4 is 5.91 Å². The van der Waals surface area contributed by atoms with Gasteiger partial charge in [0.25, 0.3) is 11.5 Å². The van der Waals surface area contributed by atoms with E-state index in [2.05, 4.69) is 20.2 Å². The van der Waals surface area contributed by atoms with Crippen LogP contribution >= 0.6 is 0 Å². The van der Waals surface area contributed by atoms with Gasteiger partial charge < -0.3 is 19.9 Å². The quantitative estimate of drug-likeness (QED) is 0.738. The first-order valence-corrected chi connectivity index (χ1v) is 6.24. The summed E-state index contributed by atoms with van der Waals surface area (Å²) < 4.78 is 5.47. The van der Waals surface area contributed by atoms with Gasteiger partial charge in [0, 0.05) is 25.6 Å². The van der Waals surface area contributed by atoms with E-state index in [1.54, 1.807) is 0 Å². The molecule has 1 atom stereocenters. The fraction of sp³-hybridized carbons (Fsp3) is 0.583. The van der Waals surface area contributed by atoms with Crippen molar-refractivity contribution in [1.29, 1.82) is 0 Å². The summed E-state index contributed by atoms with van der Waals surface area (Å²) in [5.74, 6) is -0.0723. The third-order valence-corrected chi connectivity index (χ3v) is 2.99. The summed E-state index contributed by atoms with van der Waals surface area (Å²) in [6.45, 7) is 3.65. The van der Waals surface area contributed by atoms with Crippen LogP contribution in [0.3, 0.4) is 0 Å². The van der Waals surface area contributed by atoms with Gasteiger partial charge in [-0.05, 0) is 7.05 Å². The van der Waals surface area contributed by atoms with E-state index in [0.29, 0.717) is 13.2 Å². The SMILES string of the molecule is CN1CCOCC(CNC(=O)c2cncc(=O)[nH]2)C1. The maximum absolute atomic E-state index is 11.8. The van der Waals surface area contributed by atoms with Gasteiger partial charge in [0.2, 0.25) is 0 Å². The van der Waals surface area contributed by atoms with Crippen LogP contribution in [0, 0.1) is 5.92 Å². The van der Waals surface area contributed by atoms with Crippen molar-refractivity contribution < 1.29 is 9.53 Å². The van der Waals surface area contributed by atoms with Crippen LogP contribution in [0.5, 0.6) is 0 Å². The molecule has 104 valence electrons. The second-order valence-electron chi connectivity index (χ2n) is 4.72. The van der Waals surface area contributed by atoms with Crippen molar-refractivity contribution in [2.75, 3.05) is 39.9 Å². The molecule has 1 aromatic rings. The van der Waals surface area contributed by atoms with E-state index >= 15 is 0 Å². The van der Waals surface area contributed by atoms with Crippen LogP contribution in [0.15, 0.2) is 17.2 Å². The number of nitrogens with zero attached hydrogens (tertiary/aromatic N) is 2. The van der Waals surface area contributed by atoms with E-state index < -0.39 is 0 Å². The van der Waals surface area contributed by atoms with Crippen LogP contribution in [0.2, 0.25) is 0 Å². The molecule has 2 rings (SSSR count). The molecule has 1 unspecified atom stereocenters. The lowest BCUT2D eigenvalue weighted by Crippen LogP contribution is -2.36. The molecule has 0 bridgehead atoms. The maximum Gasteiger partial charge on any atom is 0.269 e. The Balaban J connectivity index is 1.87. The van der Waals surface area contributed by atoms with Gasteiger partial charge in [-0.25, -0.2) is 0 Å². The minimum atomic E-state index is -0.384. The molecule has 1 aromatic heterocycles. The third kappa shape index (κ3) is 4.15. The van der Waals surface area contributed by atoms with Gasteiger partial charge in [-0.2, -0.15) is 0 Å². The van der Waals surface area contributed by atoms with E-state index in [4.69, 9.17) is 4.74 Å². The number of nitrogens with one attached hydrogen (secondary N) is 2. The molecule has 1 saturated heterocycles. The molecule has 19 heavy (non-hydrogen) atoms. The zero-order valence-electron chi connectivity index (χ0n) is 10.9. The number of carbonyl (C=O) groups is 1. The average molecular weight is 266 g/mol. The molecule has 0 aromatic carbocycles. The van der Waals surface area contributed by atoms with Crippen molar-refractivity contribution in [3.05, 3.63) is 28.4 Å². The predicted molar refractivity (Wildman–Crippen MR) is 69.0 cm³/mol. The molecular formula is C12H18N4O3. The third-order valence-electron chi connectivity index (χ3n) is 2.99. The summed E-state index contributed by atoms with van der Waals surface area (Å²) in [5, 5.41) is 2.79. The molecule has 7 nitrogen and oxygen atoms in total. The van der Waals surface area contributed by atoms with E-state index in [1.807, 2.05) is 7.05 Å². The largest absolute Gasteiger partial charge is 0.380 e. The van der Waals surface area contributed by atoms with Crippen LogP contribution in [0.25, 0.3) is 0 Å². The highest BCUT2D eigenvalue weighted by Crippen LogP contribution is 2.04. The molecule has 0 radical (unpaired) electrons. The van der Waals surface area contributed by atoms with E-state index in [0.717, 1.165) is 25.9 Å². The highest BCUT2D eigenvalue weighted by Gasteiger charge is 2.17. The Morgan fingerprint density at radius 1 is 1.63 bits per heavy atom. The molecular weight excluding hydrogens is 248 g/mol. The normalized spacial score (nSPS) is 20.8. The summed E-state index contributed by atoms with van der Waals surface area (Å²) in [6.07, 6.45) is 2.47. The number of rotatable bonds is 3. The van der Waals surface area contributed by atoms with Crippen LogP contribution in [0.4, 0.5) is 0 Å². The minimum Gasteiger partial charge on any atom is -0.380 e. The lowest BCUT2D eigenvalue weighted by Gasteiger charge is -2.19. The van der Waals surface area contributed by atoms with E-state index in [9.17, 15) is 9.59 Å². The first kappa shape index (κ1) is 13.7. The van der Waals surface area contributed by atoms with Crippen molar-refractivity contribution in [3.8, 4) is 0 Å². The molecule has 1 fully saturated rings. The molecule has 1 aliphatic rings. The van der Waals surface area contributed by atoms with E-state index in [1.165, 1.54) is 6.20 Å². The van der Waals surface area contributed by atoms with E-state index in [-0.39, 0.29) is 23.1 Å². The topological polar surface area (TPSA) is 87.3 Å². The number of ether oxygens (including phenoxy) is 1. The highest BCUT2D eigenvalue weighted by molar-refractivity contribution is 5.91. The molecule has 0 aliphatic carbocycles. The Bertz CT molecular complexity index is 488. The lowest BCUT2D eigenvalue weighted by atomic mass is 10.1. The second kappa shape index (κ2) is 6.44. The zero-order valence-corrected chi connectivity index (χ0v) is 10.9. The molecule has 0 spiro atoms. The fourth-order valence-corrected chi connectivity index (χ4v) is 2.00. The van der Waals surface area contributed by atoms with Crippen molar-refractivity contribution in [3.63, 3.8) is 0 Å². The Morgan fingerprint density at radius 2 is 2.47 bits per heavy atom. The number of aromatic nitrogens is 2. The molecule has 7 heteroatoms. The number of hydrogen-bond donors (Lipinski definition) is 2. The first-order chi connectivity index (χ1) is 9.15. The van der Waals surface area contributed by atoms with Gasteiger partial charge >= 0.3 is 0 Å². The average Bonchev–Trinajstić information content (AvgIpc) is 2.60. The number of H-pyrrole nitrogens is 1. The van der Waals surface area contributed by atoms with Crippen molar-refractivity contribution in [2.24, 2.45) is 5.92 Å². The van der Waals surface area contributed by atoms with Gasteiger partial charge in [-0.1, -0.05) is 0 Å². The molecule has 2 heterocycles. The van der Waals surface area contributed by atoms with Gasteiger partial charge in [0.15, 0.2) is 0 Å². The summed E-state index contributed by atoms with van der Waals surface area (Å²) in [4.78, 5) is 31.2. The molecule has 1 amide bonds. The number of carbonyl (C=O) groups excluding carboxylic acids is 1. The Morgan fingerprint density at radius 3 is 3.26 bits per heavy atom. The van der Waals surface area contributed by atoms with Gasteiger partial charge in [-0.15, -0.1) is 0 Å². The maximum atomic E-state index is 11.8. The van der Waals surface area contributed by atoms with Gasteiger partial charge in [0.05, 0.1) is 25.6 Å². The summed E-state index contributed by atoms with van der Waals surface area (Å²) in [7, 11) is 2.03. The smallest absolute Gasteiger partial charge is 0.269 e. The van der Waals surface area contributed by atoms with Crippen LogP contribution < -0.4 is 10.9 Å². The summed E-state index contributed by atoms with van der Waals surface area (Å²) >= 11 is 0. The number of likely N-dealkylation sites (N-methyl/N-ethyl adjacent to an activating group) is 1. The highest BCUT2D eigenvalue weighted by atomic mass is 16.5. The Labute approximate surface area is 111 Å². The second-order valence-corrected chi connectivity index (χ2v) is 4.72. The summed E-state index contributed by atoms with van der Waals surface area (Å²) in [6, 6.07) is 0. The van der Waals surface area contributed by atoms with Crippen molar-refractivity contribution in [2.45, 2.75) is 0 Å². The Kier molecular flexibility index (Phi) is 4.64. The molecule has 0 saturated carbocycles. The molecule has 2 N–H and O–H groups in total. The minimum absolute atomic E-state index is 0.176. The standard InChI is InChI=1S/C12H18N4O3/c1-16-2-3-19-8-9(7-16)4-14-12(18)10-5-13-6-11(17)15-10/h5-6,9H,2-4,7-8H2,1H3,(H,14,18)(H,15,17). The zero-order chi connectivity index (χ0) is 13.7. The van der Waals surface area contributed by atoms with Crippen LogP contribution in [0.1, 0.15) is 10.5 Å². The van der Waals surface area contributed by atoms with Gasteiger partial charge in [0.1, 0.15) is 5.69 Å². The molecule has 1 aliphatic heterocycles. The van der Waals surface area contributed by atoms with Crippen molar-refractivity contribution in [1.82, 2.24) is 20.2 Å². The Hall–Kier alpha value is -1.73. The fourth-order valence-electron chi connectivity index (χ4n) is 2.00.